The van der Waals surface area contributed by atoms with Crippen LogP contribution >= 0.6 is 0 Å². The Labute approximate surface area is 149 Å². The molecular weight excluding hydrogens is 316 g/mol. The van der Waals surface area contributed by atoms with Gasteiger partial charge in [-0.2, -0.15) is 0 Å². The molecule has 1 saturated heterocycles. The maximum atomic E-state index is 12.8. The van der Waals surface area contributed by atoms with Crippen molar-refractivity contribution in [2.45, 2.75) is 70.6 Å². The van der Waals surface area contributed by atoms with E-state index in [4.69, 9.17) is 4.74 Å². The number of rotatable bonds is 2. The number of hydrogen-bond donors (Lipinski definition) is 1. The van der Waals surface area contributed by atoms with Gasteiger partial charge >= 0.3 is 6.09 Å². The number of aryl methyl sites for hydroxylation is 1. The van der Waals surface area contributed by atoms with E-state index in [1.165, 1.54) is 11.1 Å². The Kier molecular flexibility index (Phi) is 5.02. The van der Waals surface area contributed by atoms with Crippen molar-refractivity contribution in [1.29, 1.82) is 0 Å². The van der Waals surface area contributed by atoms with Gasteiger partial charge in [0.05, 0.1) is 6.04 Å². The summed E-state index contributed by atoms with van der Waals surface area (Å²) in [6.07, 6.45) is 4.22. The molecule has 2 aliphatic rings. The van der Waals surface area contributed by atoms with Gasteiger partial charge in [0.1, 0.15) is 11.6 Å². The highest BCUT2D eigenvalue weighted by atomic mass is 16.6. The molecule has 1 aliphatic carbocycles. The standard InChI is InChI=1S/C20H28N2O3/c1-20(2,3)25-19(24)22-13-7-12-17(22)18(23)21-16-11-6-9-14-8-4-5-10-15(14)16/h4-5,8,10,16-17H,6-7,9,11-13H2,1-3H3,(H,21,23)/t16-,17-/m0/s1. The summed E-state index contributed by atoms with van der Waals surface area (Å²) in [7, 11) is 0. The van der Waals surface area contributed by atoms with E-state index in [0.717, 1.165) is 25.7 Å². The van der Waals surface area contributed by atoms with Gasteiger partial charge in [0.2, 0.25) is 5.91 Å². The Morgan fingerprint density at radius 3 is 2.68 bits per heavy atom. The number of likely N-dealkylation sites (tertiary alicyclic amines) is 1. The van der Waals surface area contributed by atoms with E-state index in [0.29, 0.717) is 13.0 Å². The summed E-state index contributed by atoms with van der Waals surface area (Å²) in [5, 5.41) is 3.18. The molecule has 1 fully saturated rings. The number of carbonyl (C=O) groups excluding carboxylic acids is 2. The SMILES string of the molecule is CC(C)(C)OC(=O)N1CCC[C@H]1C(=O)N[C@H]1CCCc2ccccc21. The van der Waals surface area contributed by atoms with Gasteiger partial charge in [0.25, 0.3) is 0 Å². The monoisotopic (exact) mass is 344 g/mol. The first-order chi connectivity index (χ1) is 11.8. The van der Waals surface area contributed by atoms with Crippen molar-refractivity contribution in [2.75, 3.05) is 6.54 Å². The lowest BCUT2D eigenvalue weighted by Gasteiger charge is -2.31. The zero-order chi connectivity index (χ0) is 18.0. The third kappa shape index (κ3) is 4.14. The van der Waals surface area contributed by atoms with Crippen LogP contribution in [0.4, 0.5) is 4.79 Å². The average Bonchev–Trinajstić information content (AvgIpc) is 3.03. The Bertz CT molecular complexity index is 651. The van der Waals surface area contributed by atoms with Crippen molar-refractivity contribution in [3.8, 4) is 0 Å². The molecule has 2 amide bonds. The summed E-state index contributed by atoms with van der Waals surface area (Å²) < 4.78 is 5.46. The number of carbonyl (C=O) groups is 2. The van der Waals surface area contributed by atoms with Crippen LogP contribution in [0, 0.1) is 0 Å². The molecule has 0 unspecified atom stereocenters. The molecular formula is C20H28N2O3. The highest BCUT2D eigenvalue weighted by Crippen LogP contribution is 2.30. The topological polar surface area (TPSA) is 58.6 Å². The molecule has 0 bridgehead atoms. The van der Waals surface area contributed by atoms with E-state index in [1.54, 1.807) is 4.90 Å². The first-order valence-electron chi connectivity index (χ1n) is 9.23. The summed E-state index contributed by atoms with van der Waals surface area (Å²) in [6.45, 7) is 6.10. The largest absolute Gasteiger partial charge is 0.444 e. The van der Waals surface area contributed by atoms with Crippen molar-refractivity contribution in [1.82, 2.24) is 10.2 Å². The predicted octanol–water partition coefficient (Wildman–Crippen LogP) is 3.58. The molecule has 5 heteroatoms. The van der Waals surface area contributed by atoms with Crippen molar-refractivity contribution >= 4 is 12.0 Å². The van der Waals surface area contributed by atoms with E-state index in [1.807, 2.05) is 32.9 Å². The maximum Gasteiger partial charge on any atom is 0.410 e. The predicted molar refractivity (Wildman–Crippen MR) is 96.2 cm³/mol. The van der Waals surface area contributed by atoms with Crippen LogP contribution in [0.3, 0.4) is 0 Å². The van der Waals surface area contributed by atoms with Gasteiger partial charge < -0.3 is 10.1 Å². The minimum absolute atomic E-state index is 0.0403. The van der Waals surface area contributed by atoms with Crippen LogP contribution in [0.25, 0.3) is 0 Å². The second-order valence-electron chi connectivity index (χ2n) is 7.98. The highest BCUT2D eigenvalue weighted by molar-refractivity contribution is 5.86. The fourth-order valence-electron chi connectivity index (χ4n) is 3.75. The van der Waals surface area contributed by atoms with Gasteiger partial charge in [-0.3, -0.25) is 9.69 Å². The molecule has 0 aromatic heterocycles. The van der Waals surface area contributed by atoms with Crippen molar-refractivity contribution in [2.24, 2.45) is 0 Å². The van der Waals surface area contributed by atoms with E-state index in [-0.39, 0.29) is 11.9 Å². The summed E-state index contributed by atoms with van der Waals surface area (Å²) in [4.78, 5) is 26.8. The number of hydrogen-bond acceptors (Lipinski definition) is 3. The summed E-state index contributed by atoms with van der Waals surface area (Å²) in [5.41, 5.74) is 1.97. The van der Waals surface area contributed by atoms with E-state index >= 15 is 0 Å². The van der Waals surface area contributed by atoms with Crippen LogP contribution in [-0.4, -0.2) is 35.1 Å². The number of amides is 2. The molecule has 2 atom stereocenters. The zero-order valence-electron chi connectivity index (χ0n) is 15.4. The van der Waals surface area contributed by atoms with Gasteiger partial charge in [-0.15, -0.1) is 0 Å². The molecule has 0 radical (unpaired) electrons. The third-order valence-electron chi connectivity index (χ3n) is 4.87. The summed E-state index contributed by atoms with van der Waals surface area (Å²) >= 11 is 0. The van der Waals surface area contributed by atoms with Crippen molar-refractivity contribution in [3.05, 3.63) is 35.4 Å². The Morgan fingerprint density at radius 2 is 1.92 bits per heavy atom. The molecule has 0 spiro atoms. The lowest BCUT2D eigenvalue weighted by Crippen LogP contribution is -2.48. The van der Waals surface area contributed by atoms with E-state index in [2.05, 4.69) is 17.4 Å². The number of nitrogens with zero attached hydrogens (tertiary/aromatic N) is 1. The quantitative estimate of drug-likeness (QED) is 0.892. The first kappa shape index (κ1) is 17.8. The number of fused-ring (bicyclic) bond motifs is 1. The van der Waals surface area contributed by atoms with Gasteiger partial charge in [-0.1, -0.05) is 24.3 Å². The maximum absolute atomic E-state index is 12.8. The molecule has 1 heterocycles. The molecule has 1 aliphatic heterocycles. The number of ether oxygens (including phenoxy) is 1. The Hall–Kier alpha value is -2.04. The lowest BCUT2D eigenvalue weighted by molar-refractivity contribution is -0.126. The van der Waals surface area contributed by atoms with Crippen LogP contribution < -0.4 is 5.32 Å². The second kappa shape index (κ2) is 7.06. The van der Waals surface area contributed by atoms with Gasteiger partial charge in [-0.05, 0) is 64.0 Å². The summed E-state index contributed by atoms with van der Waals surface area (Å²) in [5.74, 6) is -0.0648. The molecule has 1 N–H and O–H groups in total. The second-order valence-corrected chi connectivity index (χ2v) is 7.98. The smallest absolute Gasteiger partial charge is 0.410 e. The first-order valence-corrected chi connectivity index (χ1v) is 9.23. The fraction of sp³-hybridized carbons (Fsp3) is 0.600. The third-order valence-corrected chi connectivity index (χ3v) is 4.87. The molecule has 25 heavy (non-hydrogen) atoms. The van der Waals surface area contributed by atoms with Gasteiger partial charge in [-0.25, -0.2) is 4.79 Å². The molecule has 5 nitrogen and oxygen atoms in total. The zero-order valence-corrected chi connectivity index (χ0v) is 15.4. The minimum atomic E-state index is -0.553. The normalized spacial score (nSPS) is 23.1. The molecule has 0 saturated carbocycles. The lowest BCUT2D eigenvalue weighted by atomic mass is 9.87. The molecule has 1 aromatic carbocycles. The van der Waals surface area contributed by atoms with Crippen LogP contribution in [0.5, 0.6) is 0 Å². The van der Waals surface area contributed by atoms with Crippen LogP contribution in [-0.2, 0) is 16.0 Å². The Morgan fingerprint density at radius 1 is 1.16 bits per heavy atom. The minimum Gasteiger partial charge on any atom is -0.444 e. The van der Waals surface area contributed by atoms with Gasteiger partial charge in [0.15, 0.2) is 0 Å². The Balaban J connectivity index is 1.68. The fourth-order valence-corrected chi connectivity index (χ4v) is 3.75. The van der Waals surface area contributed by atoms with E-state index < -0.39 is 17.7 Å². The van der Waals surface area contributed by atoms with Crippen molar-refractivity contribution in [3.63, 3.8) is 0 Å². The molecule has 1 aromatic rings. The molecule has 3 rings (SSSR count). The number of benzene rings is 1. The average molecular weight is 344 g/mol. The van der Waals surface area contributed by atoms with Crippen molar-refractivity contribution < 1.29 is 14.3 Å². The number of nitrogens with one attached hydrogen (secondary N) is 1. The molecule has 136 valence electrons. The van der Waals surface area contributed by atoms with E-state index in [9.17, 15) is 9.59 Å². The summed E-state index contributed by atoms with van der Waals surface area (Å²) in [6, 6.07) is 7.91. The highest BCUT2D eigenvalue weighted by Gasteiger charge is 2.37. The van der Waals surface area contributed by atoms with Gasteiger partial charge in [0, 0.05) is 6.54 Å². The van der Waals surface area contributed by atoms with Crippen LogP contribution in [0.15, 0.2) is 24.3 Å². The van der Waals surface area contributed by atoms with Crippen LogP contribution in [0.2, 0.25) is 0 Å². The van der Waals surface area contributed by atoms with Crippen LogP contribution in [0.1, 0.15) is 63.6 Å².